The molecule has 2 saturated carbocycles. The van der Waals surface area contributed by atoms with Crippen molar-refractivity contribution in [3.05, 3.63) is 96.1 Å². The van der Waals surface area contributed by atoms with E-state index in [2.05, 4.69) is 141 Å². The minimum absolute atomic E-state index is 0. The van der Waals surface area contributed by atoms with Crippen LogP contribution in [0.25, 0.3) is 11.0 Å². The summed E-state index contributed by atoms with van der Waals surface area (Å²) < 4.78 is 15.0. The topological polar surface area (TPSA) is 295 Å². The van der Waals surface area contributed by atoms with Crippen molar-refractivity contribution in [2.45, 2.75) is 243 Å². The number of aliphatic carboxylic acids is 1. The van der Waals surface area contributed by atoms with Crippen LogP contribution in [0.3, 0.4) is 0 Å². The highest BCUT2D eigenvalue weighted by atomic mass is 35.5. The molecular formula is C80H136ClN11O11. The SMILES string of the molecule is C1CCOC1.CC(C)[C@@H]1CC[C@@H](C)C[C@H]1C(=O)CC[C@@H](N)c1ccccc1.CC(C)[C@@H]1CC[C@@H](C)C[C@H]1C(=O)CC[C@@H](NC(=O)[C@H](C)NC(=O)OC(C)(C)C)c1ccccc1.CCN(CC)CC.CCN=C=NCCCN(C)C.C[C@H](NC(=O)OC(C)(C)C)C(=O)O.Cl.On1nnc2ccccc21. The zero-order valence-corrected chi connectivity index (χ0v) is 67.4. The van der Waals surface area contributed by atoms with Crippen LogP contribution in [0.1, 0.15) is 231 Å². The Morgan fingerprint density at radius 3 is 1.52 bits per heavy atom. The highest BCUT2D eigenvalue weighted by molar-refractivity contribution is 5.86. The van der Waals surface area contributed by atoms with Crippen LogP contribution < -0.4 is 21.7 Å². The molecule has 23 heteroatoms. The number of para-hydroxylation sites is 1. The fourth-order valence-corrected chi connectivity index (χ4v) is 12.0. The molecule has 1 saturated heterocycles. The van der Waals surface area contributed by atoms with Crippen molar-refractivity contribution >= 4 is 65.1 Å². The molecule has 584 valence electrons. The van der Waals surface area contributed by atoms with E-state index in [0.717, 1.165) is 80.9 Å². The summed E-state index contributed by atoms with van der Waals surface area (Å²) in [4.78, 5) is 85.4. The first-order valence-corrected chi connectivity index (χ1v) is 37.5. The second-order valence-electron chi connectivity index (χ2n) is 30.0. The molecule has 1 aromatic heterocycles. The minimum Gasteiger partial charge on any atom is -0.480 e. The Hall–Kier alpha value is -6.81. The molecule has 1 aliphatic heterocycles. The molecule has 0 radical (unpaired) electrons. The van der Waals surface area contributed by atoms with Gasteiger partial charge in [-0.1, -0.05) is 153 Å². The van der Waals surface area contributed by atoms with E-state index in [4.69, 9.17) is 30.3 Å². The van der Waals surface area contributed by atoms with Gasteiger partial charge in [0.15, 0.2) is 0 Å². The number of halogens is 1. The first-order valence-electron chi connectivity index (χ1n) is 37.5. The molecule has 2 heterocycles. The maximum atomic E-state index is 13.3. The summed E-state index contributed by atoms with van der Waals surface area (Å²) in [7, 11) is 4.12. The van der Waals surface area contributed by atoms with E-state index in [0.29, 0.717) is 77.4 Å². The molecule has 103 heavy (non-hydrogen) atoms. The van der Waals surface area contributed by atoms with E-state index < -0.39 is 41.4 Å². The lowest BCUT2D eigenvalue weighted by atomic mass is 9.68. The summed E-state index contributed by atoms with van der Waals surface area (Å²) in [5.41, 5.74) is 8.40. The molecule has 3 amide bonds. The molecule has 0 unspecified atom stereocenters. The van der Waals surface area contributed by atoms with Gasteiger partial charge in [-0.15, -0.1) is 17.5 Å². The smallest absolute Gasteiger partial charge is 0.408 e. The third-order valence-electron chi connectivity index (χ3n) is 17.9. The minimum atomic E-state index is -1.09. The first kappa shape index (κ1) is 96.2. The summed E-state index contributed by atoms with van der Waals surface area (Å²) in [6.07, 6.45) is 11.4. The standard InChI is InChI=1S/C28H44N2O4.C20H31NO.C8H17N3.C8H15NO4.C6H5N3O.C6H15N.C4H8O.ClH/c1-18(2)22-14-13-19(3)17-23(22)25(31)16-15-24(21-11-9-8-10-12-21)30-26(32)20(4)29-27(33)34-28(5,6)7;1-14(2)17-10-9-15(3)13-18(17)20(22)12-11-19(21)16-7-5-4-6-8-16;1-4-9-8-10-6-5-7-11(2)3;1-5(6(10)11)9-7(12)13-8(2,3)4;10-9-6-4-2-1-3-5(6)7-8-9;1-4-7(5-2)6-3;1-2-4-5-3-1;/h8-12,18-20,22-24H,13-17H2,1-7H3,(H,29,33)(H,30,32);4-8,14-15,17-19H,9-13,21H2,1-3H3;4-7H2,1-3H3;5H,1-4H3,(H,9,12)(H,10,11);1-4,10H;4-6H2,1-3H3;1-4H2;1H/t19-,20+,22+,23-,24-;15-,17+,18-,19-;;5-;;;;/m11.0..../s1. The third-order valence-corrected chi connectivity index (χ3v) is 17.9. The van der Waals surface area contributed by atoms with Crippen molar-refractivity contribution in [2.75, 3.05) is 66.6 Å². The van der Waals surface area contributed by atoms with Gasteiger partial charge in [-0.05, 0) is 224 Å². The molecule has 3 aliphatic rings. The largest absolute Gasteiger partial charge is 0.480 e. The number of hydrogen-bond donors (Lipinski definition) is 6. The summed E-state index contributed by atoms with van der Waals surface area (Å²) in [6, 6.07) is 27.6. The molecule has 2 aliphatic carbocycles. The van der Waals surface area contributed by atoms with Crippen LogP contribution in [-0.2, 0) is 33.4 Å². The lowest BCUT2D eigenvalue weighted by Gasteiger charge is -2.36. The summed E-state index contributed by atoms with van der Waals surface area (Å²) >= 11 is 0. The Kier molecular flexibility index (Phi) is 49.5. The van der Waals surface area contributed by atoms with Gasteiger partial charge in [0.25, 0.3) is 0 Å². The number of benzene rings is 3. The zero-order chi connectivity index (χ0) is 77.0. The number of amides is 3. The van der Waals surface area contributed by atoms with Crippen LogP contribution in [0.5, 0.6) is 0 Å². The number of alkyl carbamates (subject to hydrolysis) is 2. The molecule has 4 aromatic rings. The monoisotopic (exact) mass is 1460 g/mol. The van der Waals surface area contributed by atoms with Crippen LogP contribution in [0.15, 0.2) is 94.9 Å². The van der Waals surface area contributed by atoms with Gasteiger partial charge in [-0.25, -0.2) is 19.6 Å². The van der Waals surface area contributed by atoms with Gasteiger partial charge in [0, 0.05) is 50.5 Å². The van der Waals surface area contributed by atoms with Gasteiger partial charge in [0.2, 0.25) is 5.91 Å². The van der Waals surface area contributed by atoms with Gasteiger partial charge in [0.1, 0.15) is 45.9 Å². The Morgan fingerprint density at radius 1 is 0.660 bits per heavy atom. The van der Waals surface area contributed by atoms with Gasteiger partial charge >= 0.3 is 18.2 Å². The number of ketones is 2. The second kappa shape index (κ2) is 53.0. The Bertz CT molecular complexity index is 3000. The summed E-state index contributed by atoms with van der Waals surface area (Å²) in [6.45, 7) is 43.7. The van der Waals surface area contributed by atoms with Crippen LogP contribution >= 0.6 is 12.4 Å². The Morgan fingerprint density at radius 2 is 1.12 bits per heavy atom. The number of Topliss-reactive ketones (excluding diaryl/α,β-unsaturated/α-hetero) is 2. The predicted molar refractivity (Wildman–Crippen MR) is 418 cm³/mol. The number of fused-ring (bicyclic) bond motifs is 1. The molecule has 3 fully saturated rings. The quantitative estimate of drug-likeness (QED) is 0.0204. The van der Waals surface area contributed by atoms with E-state index in [1.54, 1.807) is 60.6 Å². The number of carbonyl (C=O) groups excluding carboxylic acids is 5. The van der Waals surface area contributed by atoms with Crippen molar-refractivity contribution in [2.24, 2.45) is 63.1 Å². The van der Waals surface area contributed by atoms with E-state index in [-0.39, 0.29) is 42.2 Å². The Balaban J connectivity index is 0.00000129. The number of nitrogens with zero attached hydrogens (tertiary/aromatic N) is 7. The fourth-order valence-electron chi connectivity index (χ4n) is 12.0. The lowest BCUT2D eigenvalue weighted by molar-refractivity contribution is -0.139. The molecule has 7 N–H and O–H groups in total. The van der Waals surface area contributed by atoms with Gasteiger partial charge in [-0.3, -0.25) is 19.2 Å². The number of nitrogens with one attached hydrogen (secondary N) is 3. The maximum Gasteiger partial charge on any atom is 0.408 e. The molecule has 3 aromatic carbocycles. The molecule has 10 atom stereocenters. The van der Waals surface area contributed by atoms with E-state index in [9.17, 15) is 28.8 Å². The molecule has 22 nitrogen and oxygen atoms in total. The number of carboxylic acids is 1. The van der Waals surface area contributed by atoms with Crippen LogP contribution in [0.2, 0.25) is 0 Å². The zero-order valence-electron chi connectivity index (χ0n) is 66.5. The van der Waals surface area contributed by atoms with Crippen molar-refractivity contribution < 1.29 is 53.3 Å². The predicted octanol–water partition coefficient (Wildman–Crippen LogP) is 15.9. The van der Waals surface area contributed by atoms with E-state index in [1.165, 1.54) is 58.7 Å². The summed E-state index contributed by atoms with van der Waals surface area (Å²) in [5.74, 6) is 3.06. The number of hydrogen-bond acceptors (Lipinski definition) is 17. The number of aliphatic imine (C=N–C) groups is 2. The number of ether oxygens (including phenoxy) is 3. The average Bonchev–Trinajstić information content (AvgIpc) is 1.26. The lowest BCUT2D eigenvalue weighted by Crippen LogP contribution is -2.47. The molecule has 0 spiro atoms. The number of carboxylic acid groups (broad SMARTS) is 1. The van der Waals surface area contributed by atoms with Crippen molar-refractivity contribution in [3.63, 3.8) is 0 Å². The average molecular weight is 1460 g/mol. The van der Waals surface area contributed by atoms with Crippen molar-refractivity contribution in [3.8, 4) is 0 Å². The van der Waals surface area contributed by atoms with Crippen LogP contribution in [0, 0.1) is 47.3 Å². The number of nitrogens with two attached hydrogens (primary N) is 1. The van der Waals surface area contributed by atoms with Gasteiger partial charge in [0.05, 0.1) is 18.6 Å². The number of aromatic nitrogens is 3. The summed E-state index contributed by atoms with van der Waals surface area (Å²) in [5, 5.41) is 32.3. The number of carbonyl (C=O) groups is 6. The Labute approximate surface area is 625 Å². The highest BCUT2D eigenvalue weighted by Crippen LogP contribution is 2.41. The van der Waals surface area contributed by atoms with Gasteiger partial charge < -0.3 is 56.0 Å². The van der Waals surface area contributed by atoms with Gasteiger partial charge in [-0.2, -0.15) is 0 Å². The van der Waals surface area contributed by atoms with Crippen molar-refractivity contribution in [1.82, 2.24) is 40.9 Å². The molecule has 0 bridgehead atoms. The molecule has 7 rings (SSSR count). The van der Waals surface area contributed by atoms with E-state index >= 15 is 0 Å². The van der Waals surface area contributed by atoms with Crippen LogP contribution in [0.4, 0.5) is 9.59 Å². The van der Waals surface area contributed by atoms with Crippen LogP contribution in [-0.4, -0.2) is 167 Å². The fraction of sp³-hybridized carbons (Fsp3) is 0.688. The number of rotatable bonds is 25. The molecular weight excluding hydrogens is 1330 g/mol. The third kappa shape index (κ3) is 43.3. The normalized spacial score (nSPS) is 18.7. The highest BCUT2D eigenvalue weighted by Gasteiger charge is 2.37. The maximum absolute atomic E-state index is 13.3. The second-order valence-corrected chi connectivity index (χ2v) is 30.0. The van der Waals surface area contributed by atoms with E-state index in [1.807, 2.05) is 67.6 Å². The van der Waals surface area contributed by atoms with Crippen molar-refractivity contribution in [1.29, 1.82) is 0 Å². The first-order chi connectivity index (χ1) is 48.1.